The maximum absolute atomic E-state index is 12.7. The van der Waals surface area contributed by atoms with Crippen LogP contribution in [0.1, 0.15) is 70.4 Å². The van der Waals surface area contributed by atoms with Crippen molar-refractivity contribution in [1.29, 1.82) is 0 Å². The minimum absolute atomic E-state index is 0.0560. The van der Waals surface area contributed by atoms with Gasteiger partial charge >= 0.3 is 0 Å². The van der Waals surface area contributed by atoms with Gasteiger partial charge in [0.2, 0.25) is 11.8 Å². The van der Waals surface area contributed by atoms with Crippen molar-refractivity contribution in [1.82, 2.24) is 15.5 Å². The zero-order valence-corrected chi connectivity index (χ0v) is 19.2. The van der Waals surface area contributed by atoms with Crippen molar-refractivity contribution in [2.24, 2.45) is 23.2 Å². The molecule has 0 spiro atoms. The average molecular weight is 426 g/mol. The van der Waals surface area contributed by atoms with Gasteiger partial charge in [-0.1, -0.05) is 44.2 Å². The SMILES string of the molecule is CCN(CC)C(CNC(=O)CNC(=O)CC12CC3CC(CC(C3)C1)C2)c1ccccc1. The van der Waals surface area contributed by atoms with E-state index in [1.165, 1.54) is 44.1 Å². The molecule has 1 unspecified atom stereocenters. The van der Waals surface area contributed by atoms with E-state index in [9.17, 15) is 9.59 Å². The molecule has 0 heterocycles. The van der Waals surface area contributed by atoms with E-state index < -0.39 is 0 Å². The van der Waals surface area contributed by atoms with E-state index in [-0.39, 0.29) is 29.8 Å². The Hall–Kier alpha value is -1.88. The highest BCUT2D eigenvalue weighted by Gasteiger charge is 2.51. The van der Waals surface area contributed by atoms with Gasteiger partial charge in [0.25, 0.3) is 0 Å². The predicted octanol–water partition coefficient (Wildman–Crippen LogP) is 3.91. The number of nitrogens with zero attached hydrogens (tertiary/aromatic N) is 1. The topological polar surface area (TPSA) is 61.4 Å². The van der Waals surface area contributed by atoms with E-state index in [0.717, 1.165) is 30.8 Å². The molecule has 5 nitrogen and oxygen atoms in total. The van der Waals surface area contributed by atoms with Crippen LogP contribution in [0.25, 0.3) is 0 Å². The van der Waals surface area contributed by atoms with Crippen molar-refractivity contribution in [3.8, 4) is 0 Å². The Morgan fingerprint density at radius 2 is 1.52 bits per heavy atom. The molecule has 31 heavy (non-hydrogen) atoms. The van der Waals surface area contributed by atoms with Crippen LogP contribution in [0.2, 0.25) is 0 Å². The van der Waals surface area contributed by atoms with Crippen molar-refractivity contribution in [3.05, 3.63) is 35.9 Å². The Bertz CT molecular complexity index is 724. The number of carbonyl (C=O) groups is 2. The number of carbonyl (C=O) groups excluding carboxylic acids is 2. The lowest BCUT2D eigenvalue weighted by Gasteiger charge is -2.56. The molecular weight excluding hydrogens is 386 g/mol. The van der Waals surface area contributed by atoms with Crippen LogP contribution in [-0.4, -0.2) is 42.9 Å². The first-order valence-electron chi connectivity index (χ1n) is 12.3. The zero-order valence-electron chi connectivity index (χ0n) is 19.2. The third kappa shape index (κ3) is 5.31. The van der Waals surface area contributed by atoms with E-state index >= 15 is 0 Å². The van der Waals surface area contributed by atoms with Crippen LogP contribution in [0, 0.1) is 23.2 Å². The van der Waals surface area contributed by atoms with Crippen molar-refractivity contribution in [3.63, 3.8) is 0 Å². The van der Waals surface area contributed by atoms with Gasteiger partial charge in [-0.25, -0.2) is 0 Å². The molecule has 5 heteroatoms. The van der Waals surface area contributed by atoms with Gasteiger partial charge in [0.15, 0.2) is 0 Å². The van der Waals surface area contributed by atoms with Crippen LogP contribution in [0.3, 0.4) is 0 Å². The van der Waals surface area contributed by atoms with Gasteiger partial charge in [-0.15, -0.1) is 0 Å². The Morgan fingerprint density at radius 1 is 0.935 bits per heavy atom. The summed E-state index contributed by atoms with van der Waals surface area (Å²) in [6.45, 7) is 6.76. The Labute approximate surface area is 187 Å². The molecule has 4 saturated carbocycles. The van der Waals surface area contributed by atoms with Gasteiger partial charge in [0, 0.05) is 13.0 Å². The lowest BCUT2D eigenvalue weighted by molar-refractivity contribution is -0.132. The normalized spacial score (nSPS) is 29.7. The van der Waals surface area contributed by atoms with Gasteiger partial charge in [-0.3, -0.25) is 14.5 Å². The molecule has 0 aromatic heterocycles. The maximum Gasteiger partial charge on any atom is 0.239 e. The van der Waals surface area contributed by atoms with E-state index in [0.29, 0.717) is 13.0 Å². The van der Waals surface area contributed by atoms with Crippen LogP contribution in [0.5, 0.6) is 0 Å². The quantitative estimate of drug-likeness (QED) is 0.597. The Kier molecular flexibility index (Phi) is 7.00. The average Bonchev–Trinajstić information content (AvgIpc) is 2.74. The summed E-state index contributed by atoms with van der Waals surface area (Å²) in [7, 11) is 0. The third-order valence-corrected chi connectivity index (χ3v) is 8.08. The van der Waals surface area contributed by atoms with Crippen LogP contribution in [-0.2, 0) is 9.59 Å². The molecule has 1 aromatic rings. The molecule has 0 saturated heterocycles. The summed E-state index contributed by atoms with van der Waals surface area (Å²) < 4.78 is 0. The van der Waals surface area contributed by atoms with Crippen molar-refractivity contribution < 1.29 is 9.59 Å². The van der Waals surface area contributed by atoms with Gasteiger partial charge in [-0.2, -0.15) is 0 Å². The summed E-state index contributed by atoms with van der Waals surface area (Å²) in [6, 6.07) is 10.5. The lowest BCUT2D eigenvalue weighted by atomic mass is 9.49. The number of nitrogens with one attached hydrogen (secondary N) is 2. The molecule has 4 bridgehead atoms. The second-order valence-corrected chi connectivity index (χ2v) is 10.3. The fraction of sp³-hybridized carbons (Fsp3) is 0.692. The molecule has 0 radical (unpaired) electrons. The largest absolute Gasteiger partial charge is 0.353 e. The number of hydrogen-bond donors (Lipinski definition) is 2. The molecule has 2 amide bonds. The summed E-state index contributed by atoms with van der Waals surface area (Å²) in [5.41, 5.74) is 1.42. The van der Waals surface area contributed by atoms with Crippen molar-refractivity contribution in [2.45, 2.75) is 64.8 Å². The standard InChI is InChI=1S/C26H39N3O2/c1-3-29(4-2)23(22-8-6-5-7-9-22)17-27-25(31)18-28-24(30)16-26-13-19-10-20(14-26)12-21(11-19)15-26/h5-9,19-21,23H,3-4,10-18H2,1-2H3,(H,27,31)(H,28,30). The minimum Gasteiger partial charge on any atom is -0.353 e. The Morgan fingerprint density at radius 3 is 2.06 bits per heavy atom. The van der Waals surface area contributed by atoms with E-state index in [2.05, 4.69) is 41.5 Å². The fourth-order valence-electron chi connectivity index (χ4n) is 7.16. The van der Waals surface area contributed by atoms with Crippen LogP contribution in [0.4, 0.5) is 0 Å². The van der Waals surface area contributed by atoms with Gasteiger partial charge in [0.1, 0.15) is 0 Å². The van der Waals surface area contributed by atoms with Crippen molar-refractivity contribution in [2.75, 3.05) is 26.2 Å². The smallest absolute Gasteiger partial charge is 0.239 e. The fourth-order valence-corrected chi connectivity index (χ4v) is 7.16. The van der Waals surface area contributed by atoms with Gasteiger partial charge in [0.05, 0.1) is 12.6 Å². The van der Waals surface area contributed by atoms with E-state index in [1.54, 1.807) is 0 Å². The monoisotopic (exact) mass is 425 g/mol. The minimum atomic E-state index is -0.105. The lowest BCUT2D eigenvalue weighted by Crippen LogP contribution is -2.48. The zero-order chi connectivity index (χ0) is 21.8. The second-order valence-electron chi connectivity index (χ2n) is 10.3. The highest BCUT2D eigenvalue weighted by atomic mass is 16.2. The highest BCUT2D eigenvalue weighted by Crippen LogP contribution is 2.61. The number of likely N-dealkylation sites (N-methyl/N-ethyl adjacent to an activating group) is 1. The molecule has 1 atom stereocenters. The molecule has 4 fully saturated rings. The first-order valence-corrected chi connectivity index (χ1v) is 12.3. The maximum atomic E-state index is 12.7. The van der Waals surface area contributed by atoms with Gasteiger partial charge in [-0.05, 0) is 80.3 Å². The second kappa shape index (κ2) is 9.72. The van der Waals surface area contributed by atoms with Crippen LogP contribution >= 0.6 is 0 Å². The first kappa shape index (κ1) is 22.3. The number of hydrogen-bond acceptors (Lipinski definition) is 3. The number of benzene rings is 1. The Balaban J connectivity index is 1.25. The third-order valence-electron chi connectivity index (χ3n) is 8.08. The summed E-state index contributed by atoms with van der Waals surface area (Å²) in [5, 5.41) is 5.96. The predicted molar refractivity (Wildman–Crippen MR) is 123 cm³/mol. The van der Waals surface area contributed by atoms with E-state index in [1.807, 2.05) is 18.2 Å². The molecule has 5 rings (SSSR count). The molecule has 1 aromatic carbocycles. The number of rotatable bonds is 10. The van der Waals surface area contributed by atoms with E-state index in [4.69, 9.17) is 0 Å². The van der Waals surface area contributed by atoms with Crippen molar-refractivity contribution >= 4 is 11.8 Å². The first-order chi connectivity index (χ1) is 15.0. The van der Waals surface area contributed by atoms with Crippen LogP contribution in [0.15, 0.2) is 30.3 Å². The molecule has 4 aliphatic carbocycles. The highest BCUT2D eigenvalue weighted by molar-refractivity contribution is 5.85. The molecular formula is C26H39N3O2. The van der Waals surface area contributed by atoms with Gasteiger partial charge < -0.3 is 10.6 Å². The molecule has 2 N–H and O–H groups in total. The molecule has 4 aliphatic rings. The summed E-state index contributed by atoms with van der Waals surface area (Å²) in [5.74, 6) is 2.49. The number of amides is 2. The molecule has 0 aliphatic heterocycles. The summed E-state index contributed by atoms with van der Waals surface area (Å²) in [6.07, 6.45) is 8.44. The molecule has 170 valence electrons. The summed E-state index contributed by atoms with van der Waals surface area (Å²) >= 11 is 0. The summed E-state index contributed by atoms with van der Waals surface area (Å²) in [4.78, 5) is 27.5. The van der Waals surface area contributed by atoms with Crippen LogP contribution < -0.4 is 10.6 Å².